The van der Waals surface area contributed by atoms with Gasteiger partial charge in [0.15, 0.2) is 0 Å². The second-order valence-corrected chi connectivity index (χ2v) is 5.53. The zero-order chi connectivity index (χ0) is 13.7. The predicted octanol–water partition coefficient (Wildman–Crippen LogP) is 2.86. The van der Waals surface area contributed by atoms with Crippen LogP contribution in [0.1, 0.15) is 35.2 Å². The molecule has 0 radical (unpaired) electrons. The van der Waals surface area contributed by atoms with Crippen LogP contribution in [0, 0.1) is 6.92 Å². The zero-order valence-corrected chi connectivity index (χ0v) is 12.2. The lowest BCUT2D eigenvalue weighted by molar-refractivity contribution is 0.0661. The fourth-order valence-electron chi connectivity index (χ4n) is 1.72. The highest BCUT2D eigenvalue weighted by atomic mass is 32.2. The highest BCUT2D eigenvalue weighted by Gasteiger charge is 2.16. The molecular formula is C13H21NO3S. The molecule has 4 nitrogen and oxygen atoms in total. The number of thioether (sulfide) groups is 1. The average molecular weight is 271 g/mol. The Morgan fingerprint density at radius 3 is 2.78 bits per heavy atom. The fourth-order valence-corrected chi connectivity index (χ4v) is 2.29. The Balaban J connectivity index is 2.63. The van der Waals surface area contributed by atoms with E-state index < -0.39 is 5.97 Å². The van der Waals surface area contributed by atoms with E-state index in [1.165, 1.54) is 0 Å². The van der Waals surface area contributed by atoms with Crippen molar-refractivity contribution in [3.8, 4) is 0 Å². The van der Waals surface area contributed by atoms with Crippen LogP contribution in [-0.2, 0) is 6.54 Å². The van der Waals surface area contributed by atoms with Gasteiger partial charge in [-0.25, -0.2) is 4.79 Å². The molecule has 0 bridgehead atoms. The molecule has 0 amide bonds. The molecule has 1 aromatic rings. The highest BCUT2D eigenvalue weighted by molar-refractivity contribution is 7.98. The van der Waals surface area contributed by atoms with Crippen molar-refractivity contribution in [2.75, 3.05) is 19.1 Å². The van der Waals surface area contributed by atoms with Gasteiger partial charge in [-0.2, -0.15) is 11.8 Å². The first-order valence-electron chi connectivity index (χ1n) is 5.97. The number of rotatable bonds is 7. The van der Waals surface area contributed by atoms with Gasteiger partial charge in [-0.1, -0.05) is 0 Å². The summed E-state index contributed by atoms with van der Waals surface area (Å²) in [4.78, 5) is 13.0. The molecule has 0 aliphatic heterocycles. The van der Waals surface area contributed by atoms with Crippen LogP contribution < -0.4 is 0 Å². The first-order chi connectivity index (χ1) is 8.45. The van der Waals surface area contributed by atoms with Crippen LogP contribution in [0.2, 0.25) is 0 Å². The maximum Gasteiger partial charge on any atom is 0.371 e. The largest absolute Gasteiger partial charge is 0.475 e. The first-order valence-corrected chi connectivity index (χ1v) is 7.36. The second-order valence-electron chi connectivity index (χ2n) is 4.54. The summed E-state index contributed by atoms with van der Waals surface area (Å²) >= 11 is 1.84. The molecule has 0 saturated heterocycles. The lowest BCUT2D eigenvalue weighted by Crippen LogP contribution is -2.29. The molecule has 1 N–H and O–H groups in total. The van der Waals surface area contributed by atoms with E-state index in [0.29, 0.717) is 11.8 Å². The number of hydrogen-bond acceptors (Lipinski definition) is 4. The maximum absolute atomic E-state index is 10.8. The number of hydrogen-bond donors (Lipinski definition) is 1. The van der Waals surface area contributed by atoms with Crippen molar-refractivity contribution in [3.63, 3.8) is 0 Å². The third-order valence-corrected chi connectivity index (χ3v) is 3.79. The Bertz CT molecular complexity index is 403. The summed E-state index contributed by atoms with van der Waals surface area (Å²) in [6.45, 7) is 4.71. The van der Waals surface area contributed by atoms with Gasteiger partial charge < -0.3 is 9.52 Å². The van der Waals surface area contributed by atoms with Gasteiger partial charge in [0, 0.05) is 18.2 Å². The second kappa shape index (κ2) is 6.85. The Morgan fingerprint density at radius 1 is 1.61 bits per heavy atom. The first kappa shape index (κ1) is 15.1. The summed E-state index contributed by atoms with van der Waals surface area (Å²) in [7, 11) is 2.05. The van der Waals surface area contributed by atoms with Crippen molar-refractivity contribution in [3.05, 3.63) is 23.2 Å². The molecule has 1 aromatic heterocycles. The van der Waals surface area contributed by atoms with Gasteiger partial charge in [-0.3, -0.25) is 4.90 Å². The smallest absolute Gasteiger partial charge is 0.371 e. The van der Waals surface area contributed by atoms with Gasteiger partial charge in [-0.05, 0) is 45.4 Å². The number of carboxylic acids is 1. The van der Waals surface area contributed by atoms with E-state index >= 15 is 0 Å². The van der Waals surface area contributed by atoms with Crippen LogP contribution in [0.5, 0.6) is 0 Å². The third kappa shape index (κ3) is 4.07. The maximum atomic E-state index is 10.8. The van der Waals surface area contributed by atoms with Gasteiger partial charge in [0.1, 0.15) is 5.76 Å². The number of aromatic carboxylic acids is 1. The minimum atomic E-state index is -1.01. The third-order valence-electron chi connectivity index (χ3n) is 3.14. The normalized spacial score (nSPS) is 12.9. The quantitative estimate of drug-likeness (QED) is 0.826. The zero-order valence-electron chi connectivity index (χ0n) is 11.4. The van der Waals surface area contributed by atoms with Crippen molar-refractivity contribution in [2.24, 2.45) is 0 Å². The van der Waals surface area contributed by atoms with Crippen LogP contribution in [0.25, 0.3) is 0 Å². The van der Waals surface area contributed by atoms with Crippen LogP contribution >= 0.6 is 11.8 Å². The molecule has 1 atom stereocenters. The van der Waals surface area contributed by atoms with Gasteiger partial charge in [-0.15, -0.1) is 0 Å². The average Bonchev–Trinajstić information content (AvgIpc) is 2.68. The molecule has 5 heteroatoms. The SMILES string of the molecule is CSCCC(C)N(C)Cc1cc(C(=O)O)oc1C. The molecule has 1 rings (SSSR count). The number of carboxylic acid groups (broad SMARTS) is 1. The molecule has 0 aliphatic carbocycles. The Labute approximate surface area is 112 Å². The number of furan rings is 1. The van der Waals surface area contributed by atoms with Gasteiger partial charge in [0.05, 0.1) is 0 Å². The van der Waals surface area contributed by atoms with Gasteiger partial charge in [0.2, 0.25) is 5.76 Å². The molecule has 1 unspecified atom stereocenters. The number of nitrogens with zero attached hydrogens (tertiary/aromatic N) is 1. The Kier molecular flexibility index (Phi) is 5.75. The monoisotopic (exact) mass is 271 g/mol. The van der Waals surface area contributed by atoms with E-state index in [4.69, 9.17) is 9.52 Å². The molecular weight excluding hydrogens is 250 g/mol. The van der Waals surface area contributed by atoms with Gasteiger partial charge >= 0.3 is 5.97 Å². The van der Waals surface area contributed by atoms with E-state index in [0.717, 1.165) is 24.3 Å². The van der Waals surface area contributed by atoms with E-state index in [2.05, 4.69) is 25.1 Å². The summed E-state index contributed by atoms with van der Waals surface area (Å²) in [6, 6.07) is 2.09. The molecule has 0 aliphatic rings. The molecule has 0 saturated carbocycles. The van der Waals surface area contributed by atoms with E-state index in [-0.39, 0.29) is 5.76 Å². The standard InChI is InChI=1S/C13H21NO3S/c1-9(5-6-18-4)14(3)8-11-7-12(13(15)16)17-10(11)2/h7,9H,5-6,8H2,1-4H3,(H,15,16). The molecule has 102 valence electrons. The van der Waals surface area contributed by atoms with Crippen molar-refractivity contribution in [1.29, 1.82) is 0 Å². The lowest BCUT2D eigenvalue weighted by Gasteiger charge is -2.24. The van der Waals surface area contributed by atoms with E-state index in [9.17, 15) is 4.79 Å². The number of aryl methyl sites for hydroxylation is 1. The summed E-state index contributed by atoms with van der Waals surface area (Å²) < 4.78 is 5.21. The molecule has 1 heterocycles. The minimum absolute atomic E-state index is 0.0210. The highest BCUT2D eigenvalue weighted by Crippen LogP contribution is 2.18. The van der Waals surface area contributed by atoms with E-state index in [1.807, 2.05) is 18.7 Å². The molecule has 0 spiro atoms. The minimum Gasteiger partial charge on any atom is -0.475 e. The lowest BCUT2D eigenvalue weighted by atomic mass is 10.2. The van der Waals surface area contributed by atoms with Crippen LogP contribution in [-0.4, -0.2) is 41.1 Å². The summed E-state index contributed by atoms with van der Waals surface area (Å²) in [5, 5.41) is 8.87. The fraction of sp³-hybridized carbons (Fsp3) is 0.615. The van der Waals surface area contributed by atoms with Crippen molar-refractivity contribution in [2.45, 2.75) is 32.9 Å². The summed E-state index contributed by atoms with van der Waals surface area (Å²) in [5.74, 6) is 0.836. The summed E-state index contributed by atoms with van der Waals surface area (Å²) in [5.41, 5.74) is 0.950. The summed E-state index contributed by atoms with van der Waals surface area (Å²) in [6.07, 6.45) is 3.23. The van der Waals surface area contributed by atoms with Crippen molar-refractivity contribution < 1.29 is 14.3 Å². The Morgan fingerprint density at radius 2 is 2.28 bits per heavy atom. The van der Waals surface area contributed by atoms with Gasteiger partial charge in [0.25, 0.3) is 0 Å². The number of carbonyl (C=O) groups is 1. The van der Waals surface area contributed by atoms with Crippen LogP contribution in [0.3, 0.4) is 0 Å². The molecule has 0 aromatic carbocycles. The van der Waals surface area contributed by atoms with Crippen LogP contribution in [0.15, 0.2) is 10.5 Å². The molecule has 0 fully saturated rings. The topological polar surface area (TPSA) is 53.7 Å². The molecule has 18 heavy (non-hydrogen) atoms. The van der Waals surface area contributed by atoms with E-state index in [1.54, 1.807) is 6.07 Å². The van der Waals surface area contributed by atoms with Crippen molar-refractivity contribution >= 4 is 17.7 Å². The Hall–Kier alpha value is -0.940. The van der Waals surface area contributed by atoms with Crippen molar-refractivity contribution in [1.82, 2.24) is 4.90 Å². The predicted molar refractivity (Wildman–Crippen MR) is 74.3 cm³/mol. The van der Waals surface area contributed by atoms with Crippen LogP contribution in [0.4, 0.5) is 0 Å².